The quantitative estimate of drug-likeness (QED) is 0.441. The molecule has 0 aromatic heterocycles. The number of hydrogen-bond donors (Lipinski definition) is 0. The van der Waals surface area contributed by atoms with Crippen LogP contribution in [-0.4, -0.2) is 16.4 Å². The molecular formula is C11H17Cl3O2. The Morgan fingerprint density at radius 1 is 1.31 bits per heavy atom. The van der Waals surface area contributed by atoms with Gasteiger partial charge in [0.25, 0.3) is 0 Å². The van der Waals surface area contributed by atoms with Crippen LogP contribution in [0, 0.1) is 11.3 Å². The topological polar surface area (TPSA) is 26.3 Å². The molecule has 0 amide bonds. The highest BCUT2D eigenvalue weighted by molar-refractivity contribution is 6.68. The van der Waals surface area contributed by atoms with Crippen LogP contribution in [0.3, 0.4) is 0 Å². The number of esters is 1. The maximum atomic E-state index is 11.6. The number of halogens is 3. The van der Waals surface area contributed by atoms with E-state index in [1.165, 1.54) is 6.08 Å². The number of carbonyl (C=O) groups is 1. The van der Waals surface area contributed by atoms with Crippen molar-refractivity contribution < 1.29 is 9.53 Å². The van der Waals surface area contributed by atoms with Crippen LogP contribution in [0.1, 0.15) is 27.7 Å². The summed E-state index contributed by atoms with van der Waals surface area (Å²) in [5.41, 5.74) is -0.420. The van der Waals surface area contributed by atoms with Gasteiger partial charge in [-0.05, 0) is 18.4 Å². The minimum Gasteiger partial charge on any atom is -0.466 e. The first-order valence-corrected chi connectivity index (χ1v) is 6.17. The van der Waals surface area contributed by atoms with Gasteiger partial charge in [-0.25, -0.2) is 0 Å². The summed E-state index contributed by atoms with van der Waals surface area (Å²) in [4.78, 5) is 11.6. The molecular weight excluding hydrogens is 270 g/mol. The Bertz CT molecular complexity index is 267. The molecule has 0 aromatic carbocycles. The molecule has 0 radical (unpaired) electrons. The van der Waals surface area contributed by atoms with E-state index in [0.717, 1.165) is 0 Å². The molecule has 0 aliphatic carbocycles. The lowest BCUT2D eigenvalue weighted by atomic mass is 9.80. The van der Waals surface area contributed by atoms with Crippen LogP contribution in [0.25, 0.3) is 0 Å². The van der Waals surface area contributed by atoms with Crippen LogP contribution in [0.5, 0.6) is 0 Å². The summed E-state index contributed by atoms with van der Waals surface area (Å²) < 4.78 is 3.51. The highest BCUT2D eigenvalue weighted by Crippen LogP contribution is 2.34. The van der Waals surface area contributed by atoms with Crippen molar-refractivity contribution in [2.75, 3.05) is 6.61 Å². The molecule has 94 valence electrons. The number of allylic oxidation sites excluding steroid dienone is 2. The number of alkyl halides is 3. The van der Waals surface area contributed by atoms with Gasteiger partial charge in [0.1, 0.15) is 0 Å². The van der Waals surface area contributed by atoms with Gasteiger partial charge in [0.15, 0.2) is 0 Å². The van der Waals surface area contributed by atoms with Crippen molar-refractivity contribution in [3.05, 3.63) is 12.2 Å². The lowest BCUT2D eigenvalue weighted by Gasteiger charge is -2.27. The lowest BCUT2D eigenvalue weighted by molar-refractivity contribution is -0.150. The maximum absolute atomic E-state index is 11.6. The van der Waals surface area contributed by atoms with Gasteiger partial charge < -0.3 is 4.74 Å². The summed E-state index contributed by atoms with van der Waals surface area (Å²) in [6, 6.07) is 0. The van der Waals surface area contributed by atoms with Crippen LogP contribution in [-0.2, 0) is 9.53 Å². The lowest BCUT2D eigenvalue weighted by Crippen LogP contribution is -2.29. The van der Waals surface area contributed by atoms with E-state index in [1.54, 1.807) is 19.9 Å². The van der Waals surface area contributed by atoms with Crippen molar-refractivity contribution >= 4 is 40.8 Å². The predicted octanol–water partition coefficient (Wildman–Crippen LogP) is 4.14. The summed E-state index contributed by atoms with van der Waals surface area (Å²) in [5.74, 6) is -0.544. The van der Waals surface area contributed by atoms with Crippen LogP contribution in [0.4, 0.5) is 0 Å². The van der Waals surface area contributed by atoms with Crippen LogP contribution in [0.2, 0.25) is 0 Å². The first kappa shape index (κ1) is 16.1. The van der Waals surface area contributed by atoms with Gasteiger partial charge in [0, 0.05) is 0 Å². The smallest absolute Gasteiger partial charge is 0.309 e. The molecule has 0 aliphatic heterocycles. The summed E-state index contributed by atoms with van der Waals surface area (Å²) in [7, 11) is 0. The molecule has 1 unspecified atom stereocenters. The minimum atomic E-state index is -1.44. The third-order valence-corrected chi connectivity index (χ3v) is 2.84. The van der Waals surface area contributed by atoms with Crippen LogP contribution >= 0.6 is 34.8 Å². The van der Waals surface area contributed by atoms with Gasteiger partial charge in [-0.2, -0.15) is 0 Å². The molecule has 0 aliphatic rings. The molecule has 2 nitrogen and oxygen atoms in total. The van der Waals surface area contributed by atoms with E-state index in [-0.39, 0.29) is 11.9 Å². The fraction of sp³-hybridized carbons (Fsp3) is 0.727. The molecule has 0 fully saturated rings. The van der Waals surface area contributed by atoms with Crippen molar-refractivity contribution in [1.29, 1.82) is 0 Å². The fourth-order valence-electron chi connectivity index (χ4n) is 1.02. The summed E-state index contributed by atoms with van der Waals surface area (Å²) in [6.07, 6.45) is 3.18. The van der Waals surface area contributed by atoms with Crippen molar-refractivity contribution in [2.45, 2.75) is 31.5 Å². The maximum Gasteiger partial charge on any atom is 0.309 e. The van der Waals surface area contributed by atoms with E-state index in [1.807, 2.05) is 13.8 Å². The zero-order valence-corrected chi connectivity index (χ0v) is 12.2. The standard InChI is InChI=1S/C11H17Cl3O2/c1-5-16-9(15)8(2)10(3,4)6-7-11(12,13)14/h6-8H,5H2,1-4H3/b7-6+. The Kier molecular flexibility index (Phi) is 6.16. The molecule has 0 rings (SSSR count). The number of rotatable bonds is 4. The normalized spacial score (nSPS) is 15.2. The van der Waals surface area contributed by atoms with Crippen molar-refractivity contribution in [1.82, 2.24) is 0 Å². The Hall–Kier alpha value is 0.0800. The van der Waals surface area contributed by atoms with Crippen molar-refractivity contribution in [3.63, 3.8) is 0 Å². The molecule has 0 saturated heterocycles. The van der Waals surface area contributed by atoms with E-state index in [2.05, 4.69) is 0 Å². The molecule has 1 atom stereocenters. The fourth-order valence-corrected chi connectivity index (χ4v) is 1.21. The van der Waals surface area contributed by atoms with E-state index in [4.69, 9.17) is 39.5 Å². The summed E-state index contributed by atoms with van der Waals surface area (Å²) in [6.45, 7) is 7.71. The second-order valence-corrected chi connectivity index (χ2v) is 6.54. The highest BCUT2D eigenvalue weighted by Gasteiger charge is 2.31. The molecule has 0 bridgehead atoms. The zero-order chi connectivity index (χ0) is 13.0. The van der Waals surface area contributed by atoms with Gasteiger partial charge in [-0.1, -0.05) is 61.7 Å². The van der Waals surface area contributed by atoms with Gasteiger partial charge in [-0.15, -0.1) is 0 Å². The monoisotopic (exact) mass is 286 g/mol. The Balaban J connectivity index is 4.66. The van der Waals surface area contributed by atoms with Gasteiger partial charge in [0.2, 0.25) is 3.79 Å². The third-order valence-electron chi connectivity index (χ3n) is 2.46. The highest BCUT2D eigenvalue weighted by atomic mass is 35.6. The van der Waals surface area contributed by atoms with E-state index in [0.29, 0.717) is 6.61 Å². The van der Waals surface area contributed by atoms with Gasteiger partial charge in [-0.3, -0.25) is 4.79 Å². The third kappa shape index (κ3) is 5.97. The average molecular weight is 288 g/mol. The van der Waals surface area contributed by atoms with Gasteiger partial charge >= 0.3 is 5.97 Å². The molecule has 0 aromatic rings. The molecule has 0 heterocycles. The largest absolute Gasteiger partial charge is 0.466 e. The second kappa shape index (κ2) is 6.13. The second-order valence-electron chi connectivity index (χ2n) is 4.17. The van der Waals surface area contributed by atoms with Crippen LogP contribution in [0.15, 0.2) is 12.2 Å². The molecule has 0 saturated carbocycles. The molecule has 5 heteroatoms. The minimum absolute atomic E-state index is 0.249. The van der Waals surface area contributed by atoms with E-state index < -0.39 is 9.21 Å². The van der Waals surface area contributed by atoms with Gasteiger partial charge in [0.05, 0.1) is 12.5 Å². The molecule has 0 N–H and O–H groups in total. The predicted molar refractivity (Wildman–Crippen MR) is 69.0 cm³/mol. The zero-order valence-electron chi connectivity index (χ0n) is 9.89. The van der Waals surface area contributed by atoms with Crippen LogP contribution < -0.4 is 0 Å². The molecule has 0 spiro atoms. The Morgan fingerprint density at radius 2 is 1.81 bits per heavy atom. The van der Waals surface area contributed by atoms with E-state index >= 15 is 0 Å². The first-order valence-electron chi connectivity index (χ1n) is 5.04. The molecule has 16 heavy (non-hydrogen) atoms. The number of hydrogen-bond acceptors (Lipinski definition) is 2. The Labute approximate surface area is 112 Å². The Morgan fingerprint density at radius 3 is 2.19 bits per heavy atom. The van der Waals surface area contributed by atoms with Crippen molar-refractivity contribution in [2.24, 2.45) is 11.3 Å². The SMILES string of the molecule is CCOC(=O)C(C)C(C)(C)/C=C/C(Cl)(Cl)Cl. The van der Waals surface area contributed by atoms with E-state index in [9.17, 15) is 4.79 Å². The summed E-state index contributed by atoms with van der Waals surface area (Å²) >= 11 is 16.8. The number of ether oxygens (including phenoxy) is 1. The average Bonchev–Trinajstić information content (AvgIpc) is 2.13. The number of carbonyl (C=O) groups excluding carboxylic acids is 1. The summed E-state index contributed by atoms with van der Waals surface area (Å²) in [5, 5.41) is 0. The van der Waals surface area contributed by atoms with Crippen molar-refractivity contribution in [3.8, 4) is 0 Å². The first-order chi connectivity index (χ1) is 7.10.